The van der Waals surface area contributed by atoms with Crippen LogP contribution in [-0.4, -0.2) is 65.9 Å². The summed E-state index contributed by atoms with van der Waals surface area (Å²) in [6, 6.07) is 3.37. The molecule has 0 atom stereocenters. The predicted octanol–water partition coefficient (Wildman–Crippen LogP) is 0.709. The third-order valence-electron chi connectivity index (χ3n) is 3.83. The van der Waals surface area contributed by atoms with Gasteiger partial charge in [0, 0.05) is 50.6 Å². The number of hydrogen-bond acceptors (Lipinski definition) is 5. The fourth-order valence-corrected chi connectivity index (χ4v) is 2.52. The fourth-order valence-electron chi connectivity index (χ4n) is 2.52. The average molecular weight is 319 g/mol. The number of ether oxygens (including phenoxy) is 1. The van der Waals surface area contributed by atoms with Crippen LogP contribution < -0.4 is 0 Å². The fraction of sp³-hybridized carbons (Fsp3) is 0.500. The van der Waals surface area contributed by atoms with E-state index in [0.29, 0.717) is 31.7 Å². The SMILES string of the molecule is COC(=O)CCC(=O)N1CCCN(C(=O)c2ccncc2)CC1. The van der Waals surface area contributed by atoms with Gasteiger partial charge in [-0.15, -0.1) is 0 Å². The van der Waals surface area contributed by atoms with Gasteiger partial charge in [0.2, 0.25) is 5.91 Å². The molecule has 7 nitrogen and oxygen atoms in total. The highest BCUT2D eigenvalue weighted by atomic mass is 16.5. The zero-order chi connectivity index (χ0) is 16.7. The van der Waals surface area contributed by atoms with E-state index in [-0.39, 0.29) is 30.6 Å². The van der Waals surface area contributed by atoms with Crippen LogP contribution in [0, 0.1) is 0 Å². The predicted molar refractivity (Wildman–Crippen MR) is 82.6 cm³/mol. The Kier molecular flexibility index (Phi) is 6.08. The molecule has 1 fully saturated rings. The molecule has 0 N–H and O–H groups in total. The third kappa shape index (κ3) is 4.77. The monoisotopic (exact) mass is 319 g/mol. The van der Waals surface area contributed by atoms with Gasteiger partial charge in [0.15, 0.2) is 0 Å². The number of pyridine rings is 1. The van der Waals surface area contributed by atoms with Crippen molar-refractivity contribution < 1.29 is 19.1 Å². The van der Waals surface area contributed by atoms with Gasteiger partial charge < -0.3 is 14.5 Å². The molecule has 0 saturated carbocycles. The Morgan fingerprint density at radius 1 is 1.04 bits per heavy atom. The van der Waals surface area contributed by atoms with Gasteiger partial charge in [-0.1, -0.05) is 0 Å². The molecule has 0 aromatic carbocycles. The van der Waals surface area contributed by atoms with E-state index in [0.717, 1.165) is 6.42 Å². The summed E-state index contributed by atoms with van der Waals surface area (Å²) in [5, 5.41) is 0. The van der Waals surface area contributed by atoms with Gasteiger partial charge in [0.25, 0.3) is 5.91 Å². The third-order valence-corrected chi connectivity index (χ3v) is 3.83. The number of rotatable bonds is 4. The van der Waals surface area contributed by atoms with Gasteiger partial charge in [-0.05, 0) is 18.6 Å². The number of carbonyl (C=O) groups excluding carboxylic acids is 3. The second-order valence-electron chi connectivity index (χ2n) is 5.34. The topological polar surface area (TPSA) is 79.8 Å². The largest absolute Gasteiger partial charge is 0.469 e. The van der Waals surface area contributed by atoms with Gasteiger partial charge >= 0.3 is 5.97 Å². The molecule has 0 unspecified atom stereocenters. The summed E-state index contributed by atoms with van der Waals surface area (Å²) < 4.78 is 4.54. The molecule has 2 amide bonds. The van der Waals surface area contributed by atoms with Crippen LogP contribution in [0.25, 0.3) is 0 Å². The van der Waals surface area contributed by atoms with Gasteiger partial charge in [-0.3, -0.25) is 19.4 Å². The Balaban J connectivity index is 1.88. The van der Waals surface area contributed by atoms with Crippen LogP contribution in [0.15, 0.2) is 24.5 Å². The minimum Gasteiger partial charge on any atom is -0.469 e. The van der Waals surface area contributed by atoms with Gasteiger partial charge in [0.1, 0.15) is 0 Å². The van der Waals surface area contributed by atoms with Crippen LogP contribution in [0.1, 0.15) is 29.6 Å². The molecule has 1 aliphatic heterocycles. The summed E-state index contributed by atoms with van der Waals surface area (Å²) in [7, 11) is 1.31. The number of carbonyl (C=O) groups is 3. The molecule has 1 saturated heterocycles. The molecular formula is C16H21N3O4. The second-order valence-corrected chi connectivity index (χ2v) is 5.34. The Hall–Kier alpha value is -2.44. The second kappa shape index (κ2) is 8.26. The summed E-state index contributed by atoms with van der Waals surface area (Å²) in [4.78, 5) is 43.0. The number of hydrogen-bond donors (Lipinski definition) is 0. The van der Waals surface area contributed by atoms with Crippen molar-refractivity contribution in [2.24, 2.45) is 0 Å². The smallest absolute Gasteiger partial charge is 0.306 e. The molecule has 23 heavy (non-hydrogen) atoms. The van der Waals surface area contributed by atoms with E-state index in [1.165, 1.54) is 7.11 Å². The lowest BCUT2D eigenvalue weighted by atomic mass is 10.2. The maximum Gasteiger partial charge on any atom is 0.306 e. The average Bonchev–Trinajstić information content (AvgIpc) is 2.85. The summed E-state index contributed by atoms with van der Waals surface area (Å²) in [5.41, 5.74) is 0.602. The van der Waals surface area contributed by atoms with Crippen molar-refractivity contribution in [2.75, 3.05) is 33.3 Å². The lowest BCUT2D eigenvalue weighted by Crippen LogP contribution is -2.37. The van der Waals surface area contributed by atoms with Crippen molar-refractivity contribution in [1.82, 2.24) is 14.8 Å². The highest BCUT2D eigenvalue weighted by molar-refractivity contribution is 5.94. The highest BCUT2D eigenvalue weighted by Gasteiger charge is 2.23. The van der Waals surface area contributed by atoms with Gasteiger partial charge in [-0.2, -0.15) is 0 Å². The molecule has 124 valence electrons. The van der Waals surface area contributed by atoms with Gasteiger partial charge in [0.05, 0.1) is 13.5 Å². The van der Waals surface area contributed by atoms with Crippen LogP contribution >= 0.6 is 0 Å². The van der Waals surface area contributed by atoms with E-state index in [1.54, 1.807) is 34.3 Å². The molecule has 1 aliphatic rings. The van der Waals surface area contributed by atoms with Crippen LogP contribution in [0.5, 0.6) is 0 Å². The number of aromatic nitrogens is 1. The lowest BCUT2D eigenvalue weighted by molar-refractivity contribution is -0.143. The first kappa shape index (κ1) is 16.9. The van der Waals surface area contributed by atoms with Crippen LogP contribution in [0.3, 0.4) is 0 Å². The van der Waals surface area contributed by atoms with Crippen molar-refractivity contribution >= 4 is 17.8 Å². The van der Waals surface area contributed by atoms with E-state index in [4.69, 9.17) is 0 Å². The zero-order valence-electron chi connectivity index (χ0n) is 13.2. The standard InChI is InChI=1S/C16H21N3O4/c1-23-15(21)4-3-14(20)18-9-2-10-19(12-11-18)16(22)13-5-7-17-8-6-13/h5-8H,2-4,9-12H2,1H3. The van der Waals surface area contributed by atoms with Crippen molar-refractivity contribution in [3.63, 3.8) is 0 Å². The molecule has 7 heteroatoms. The molecule has 0 radical (unpaired) electrons. The first-order chi connectivity index (χ1) is 11.1. The molecule has 2 heterocycles. The van der Waals surface area contributed by atoms with Gasteiger partial charge in [-0.25, -0.2) is 0 Å². The highest BCUT2D eigenvalue weighted by Crippen LogP contribution is 2.10. The minimum atomic E-state index is -0.386. The lowest BCUT2D eigenvalue weighted by Gasteiger charge is -2.22. The quantitative estimate of drug-likeness (QED) is 0.764. The summed E-state index contributed by atoms with van der Waals surface area (Å²) in [6.07, 6.45) is 4.14. The van der Waals surface area contributed by atoms with Crippen molar-refractivity contribution in [3.8, 4) is 0 Å². The molecule has 0 aliphatic carbocycles. The Labute approximate surface area is 135 Å². The number of amides is 2. The Bertz CT molecular complexity index is 562. The van der Waals surface area contributed by atoms with Crippen molar-refractivity contribution in [2.45, 2.75) is 19.3 Å². The number of esters is 1. The Morgan fingerprint density at radius 2 is 1.70 bits per heavy atom. The van der Waals surface area contributed by atoms with E-state index in [9.17, 15) is 14.4 Å². The van der Waals surface area contributed by atoms with E-state index in [1.807, 2.05) is 0 Å². The minimum absolute atomic E-state index is 0.0451. The maximum atomic E-state index is 12.4. The zero-order valence-corrected chi connectivity index (χ0v) is 13.2. The van der Waals surface area contributed by atoms with Crippen molar-refractivity contribution in [3.05, 3.63) is 30.1 Å². The molecule has 0 bridgehead atoms. The molecule has 2 rings (SSSR count). The van der Waals surface area contributed by atoms with Crippen LogP contribution in [0.4, 0.5) is 0 Å². The first-order valence-corrected chi connectivity index (χ1v) is 7.65. The summed E-state index contributed by atoms with van der Waals surface area (Å²) in [5.74, 6) is -0.507. The maximum absolute atomic E-state index is 12.4. The summed E-state index contributed by atoms with van der Waals surface area (Å²) in [6.45, 7) is 2.18. The number of methoxy groups -OCH3 is 1. The van der Waals surface area contributed by atoms with Crippen molar-refractivity contribution in [1.29, 1.82) is 0 Å². The molecular weight excluding hydrogens is 298 g/mol. The molecule has 1 aromatic heterocycles. The van der Waals surface area contributed by atoms with Crippen LogP contribution in [-0.2, 0) is 14.3 Å². The van der Waals surface area contributed by atoms with E-state index in [2.05, 4.69) is 9.72 Å². The molecule has 0 spiro atoms. The van der Waals surface area contributed by atoms with Crippen LogP contribution in [0.2, 0.25) is 0 Å². The van der Waals surface area contributed by atoms with E-state index < -0.39 is 0 Å². The summed E-state index contributed by atoms with van der Waals surface area (Å²) >= 11 is 0. The normalized spacial score (nSPS) is 15.0. The first-order valence-electron chi connectivity index (χ1n) is 7.65. The van der Waals surface area contributed by atoms with E-state index >= 15 is 0 Å². The Morgan fingerprint density at radius 3 is 2.39 bits per heavy atom. The number of nitrogens with zero attached hydrogens (tertiary/aromatic N) is 3. The molecule has 1 aromatic rings.